The number of hydrogen-bond acceptors (Lipinski definition) is 3. The van der Waals surface area contributed by atoms with Crippen molar-refractivity contribution >= 4 is 17.8 Å². The van der Waals surface area contributed by atoms with Gasteiger partial charge in [0.15, 0.2) is 0 Å². The molecule has 1 aromatic carbocycles. The summed E-state index contributed by atoms with van der Waals surface area (Å²) < 4.78 is 50.9. The van der Waals surface area contributed by atoms with E-state index in [0.29, 0.717) is 37.6 Å². The lowest BCUT2D eigenvalue weighted by Crippen LogP contribution is -2.48. The van der Waals surface area contributed by atoms with Crippen LogP contribution in [0.5, 0.6) is 0 Å². The Labute approximate surface area is 153 Å². The van der Waals surface area contributed by atoms with Crippen molar-refractivity contribution in [1.29, 1.82) is 0 Å². The second-order valence-electron chi connectivity index (χ2n) is 6.10. The fourth-order valence-electron chi connectivity index (χ4n) is 2.78. The van der Waals surface area contributed by atoms with Crippen molar-refractivity contribution in [2.24, 2.45) is 0 Å². The first-order valence-electron chi connectivity index (χ1n) is 8.34. The van der Waals surface area contributed by atoms with Crippen molar-refractivity contribution in [2.75, 3.05) is 31.1 Å². The van der Waals surface area contributed by atoms with Crippen molar-refractivity contribution in [3.8, 4) is 0 Å². The minimum Gasteiger partial charge on any atom is -0.353 e. The number of amides is 1. The molecule has 8 heteroatoms. The third-order valence-corrected chi connectivity index (χ3v) is 4.26. The number of piperazine rings is 1. The van der Waals surface area contributed by atoms with E-state index in [-0.39, 0.29) is 11.7 Å². The number of benzene rings is 1. The summed E-state index contributed by atoms with van der Waals surface area (Å²) in [5.74, 6) is -0.119. The van der Waals surface area contributed by atoms with Gasteiger partial charge >= 0.3 is 6.18 Å². The summed E-state index contributed by atoms with van der Waals surface area (Å²) in [6.07, 6.45) is -0.657. The van der Waals surface area contributed by atoms with Gasteiger partial charge in [-0.05, 0) is 35.9 Å². The zero-order valence-corrected chi connectivity index (χ0v) is 14.3. The fourth-order valence-corrected chi connectivity index (χ4v) is 2.78. The van der Waals surface area contributed by atoms with Crippen LogP contribution in [0.1, 0.15) is 11.1 Å². The Morgan fingerprint density at radius 1 is 1.07 bits per heavy atom. The summed E-state index contributed by atoms with van der Waals surface area (Å²) in [5.41, 5.74) is -0.196. The topological polar surface area (TPSA) is 36.4 Å². The number of carbonyl (C=O) groups excluding carboxylic acids is 1. The molecule has 1 aromatic heterocycles. The van der Waals surface area contributed by atoms with E-state index in [1.165, 1.54) is 24.3 Å². The van der Waals surface area contributed by atoms with Gasteiger partial charge in [0.05, 0.1) is 5.56 Å². The number of rotatable bonds is 3. The van der Waals surface area contributed by atoms with Gasteiger partial charge in [-0.3, -0.25) is 4.79 Å². The summed E-state index contributed by atoms with van der Waals surface area (Å²) in [6.45, 7) is 1.79. The Morgan fingerprint density at radius 3 is 2.41 bits per heavy atom. The Morgan fingerprint density at radius 2 is 1.81 bits per heavy atom. The van der Waals surface area contributed by atoms with Crippen LogP contribution in [-0.4, -0.2) is 42.0 Å². The number of carbonyl (C=O) groups is 1. The lowest BCUT2D eigenvalue weighted by atomic mass is 10.2. The van der Waals surface area contributed by atoms with Crippen molar-refractivity contribution in [3.05, 3.63) is 65.6 Å². The number of alkyl halides is 3. The maximum Gasteiger partial charge on any atom is 0.417 e. The van der Waals surface area contributed by atoms with Crippen molar-refractivity contribution in [2.45, 2.75) is 6.18 Å². The molecule has 0 bridgehead atoms. The average molecular weight is 379 g/mol. The van der Waals surface area contributed by atoms with Gasteiger partial charge in [-0.25, -0.2) is 9.37 Å². The first-order chi connectivity index (χ1) is 12.8. The first-order valence-corrected chi connectivity index (χ1v) is 8.34. The van der Waals surface area contributed by atoms with Crippen LogP contribution in [-0.2, 0) is 11.0 Å². The smallest absolute Gasteiger partial charge is 0.353 e. The molecule has 0 saturated carbocycles. The van der Waals surface area contributed by atoms with Crippen LogP contribution < -0.4 is 4.90 Å². The van der Waals surface area contributed by atoms with Gasteiger partial charge in [0, 0.05) is 38.5 Å². The summed E-state index contributed by atoms with van der Waals surface area (Å²) in [7, 11) is 0. The SMILES string of the molecule is O=C(/C=C/c1cccc(F)c1)N1CCN(c2ccc(C(F)(F)F)cn2)CC1. The quantitative estimate of drug-likeness (QED) is 0.604. The fraction of sp³-hybridized carbons (Fsp3) is 0.263. The van der Waals surface area contributed by atoms with Gasteiger partial charge < -0.3 is 9.80 Å². The molecule has 4 nitrogen and oxygen atoms in total. The van der Waals surface area contributed by atoms with Crippen LogP contribution in [0.15, 0.2) is 48.7 Å². The molecule has 1 aliphatic rings. The number of hydrogen-bond donors (Lipinski definition) is 0. The van der Waals surface area contributed by atoms with Crippen molar-refractivity contribution < 1.29 is 22.4 Å². The average Bonchev–Trinajstić information content (AvgIpc) is 2.66. The number of pyridine rings is 1. The van der Waals surface area contributed by atoms with Crippen molar-refractivity contribution in [3.63, 3.8) is 0 Å². The summed E-state index contributed by atoms with van der Waals surface area (Å²) in [4.78, 5) is 19.6. The zero-order chi connectivity index (χ0) is 19.4. The zero-order valence-electron chi connectivity index (χ0n) is 14.3. The van der Waals surface area contributed by atoms with E-state index in [1.54, 1.807) is 23.1 Å². The summed E-state index contributed by atoms with van der Waals surface area (Å²) >= 11 is 0. The Hall–Kier alpha value is -2.90. The minimum atomic E-state index is -4.41. The van der Waals surface area contributed by atoms with E-state index in [2.05, 4.69) is 4.98 Å². The van der Waals surface area contributed by atoms with Gasteiger partial charge in [0.1, 0.15) is 11.6 Å². The third-order valence-electron chi connectivity index (χ3n) is 4.26. The molecule has 3 rings (SSSR count). The second-order valence-corrected chi connectivity index (χ2v) is 6.10. The highest BCUT2D eigenvalue weighted by Crippen LogP contribution is 2.29. The lowest BCUT2D eigenvalue weighted by Gasteiger charge is -2.35. The first kappa shape index (κ1) is 18.9. The number of aromatic nitrogens is 1. The van der Waals surface area contributed by atoms with Crippen LogP contribution in [0.25, 0.3) is 6.08 Å². The minimum absolute atomic E-state index is 0.195. The Balaban J connectivity index is 1.56. The molecule has 0 N–H and O–H groups in total. The molecule has 0 aliphatic carbocycles. The standard InChI is InChI=1S/C19H17F4N3O/c20-16-3-1-2-14(12-16)4-7-18(27)26-10-8-25(9-11-26)17-6-5-15(13-24-17)19(21,22)23/h1-7,12-13H,8-11H2/b7-4+. The molecule has 0 spiro atoms. The molecule has 1 aliphatic heterocycles. The normalized spacial score (nSPS) is 15.4. The summed E-state index contributed by atoms with van der Waals surface area (Å²) in [6, 6.07) is 8.26. The maximum absolute atomic E-state index is 13.1. The van der Waals surface area contributed by atoms with Gasteiger partial charge in [0.2, 0.25) is 5.91 Å². The molecule has 1 amide bonds. The maximum atomic E-state index is 13.1. The van der Waals surface area contributed by atoms with Gasteiger partial charge in [-0.1, -0.05) is 12.1 Å². The molecule has 0 atom stereocenters. The highest BCUT2D eigenvalue weighted by molar-refractivity contribution is 5.91. The second kappa shape index (κ2) is 7.77. The third kappa shape index (κ3) is 4.84. The molecule has 1 fully saturated rings. The molecular weight excluding hydrogens is 362 g/mol. The van der Waals surface area contributed by atoms with E-state index in [4.69, 9.17) is 0 Å². The van der Waals surface area contributed by atoms with Crippen LogP contribution in [0.2, 0.25) is 0 Å². The van der Waals surface area contributed by atoms with Crippen LogP contribution in [0.4, 0.5) is 23.4 Å². The Kier molecular flexibility index (Phi) is 5.43. The van der Waals surface area contributed by atoms with E-state index in [1.807, 2.05) is 4.90 Å². The summed E-state index contributed by atoms with van der Waals surface area (Å²) in [5, 5.41) is 0. The van der Waals surface area contributed by atoms with Crippen LogP contribution in [0.3, 0.4) is 0 Å². The molecular formula is C19H17F4N3O. The largest absolute Gasteiger partial charge is 0.417 e. The molecule has 27 heavy (non-hydrogen) atoms. The molecule has 2 aromatic rings. The predicted octanol–water partition coefficient (Wildman–Crippen LogP) is 3.60. The van der Waals surface area contributed by atoms with Crippen molar-refractivity contribution in [1.82, 2.24) is 9.88 Å². The highest BCUT2D eigenvalue weighted by Gasteiger charge is 2.31. The van der Waals surface area contributed by atoms with E-state index < -0.39 is 11.7 Å². The van der Waals surface area contributed by atoms with Gasteiger partial charge in [0.25, 0.3) is 0 Å². The van der Waals surface area contributed by atoms with E-state index in [9.17, 15) is 22.4 Å². The van der Waals surface area contributed by atoms with E-state index >= 15 is 0 Å². The van der Waals surface area contributed by atoms with Crippen LogP contribution >= 0.6 is 0 Å². The Bertz CT molecular complexity index is 826. The van der Waals surface area contributed by atoms with Crippen LogP contribution in [0, 0.1) is 5.82 Å². The van der Waals surface area contributed by atoms with Gasteiger partial charge in [-0.2, -0.15) is 13.2 Å². The molecule has 2 heterocycles. The monoisotopic (exact) mass is 379 g/mol. The number of halogens is 4. The highest BCUT2D eigenvalue weighted by atomic mass is 19.4. The molecule has 142 valence electrons. The lowest BCUT2D eigenvalue weighted by molar-refractivity contribution is -0.137. The number of anilines is 1. The predicted molar refractivity (Wildman–Crippen MR) is 93.5 cm³/mol. The van der Waals surface area contributed by atoms with E-state index in [0.717, 1.165) is 12.3 Å². The molecule has 0 unspecified atom stereocenters. The number of nitrogens with zero attached hydrogens (tertiary/aromatic N) is 3. The molecule has 1 saturated heterocycles. The van der Waals surface area contributed by atoms with Gasteiger partial charge in [-0.15, -0.1) is 0 Å². The molecule has 0 radical (unpaired) electrons.